The summed E-state index contributed by atoms with van der Waals surface area (Å²) in [4.78, 5) is 15.5. The third kappa shape index (κ3) is 4.06. The van der Waals surface area contributed by atoms with Crippen molar-refractivity contribution in [2.75, 3.05) is 18.2 Å². The summed E-state index contributed by atoms with van der Waals surface area (Å²) in [5, 5.41) is -0.0438. The molecule has 10 heteroatoms. The number of aromatic nitrogens is 2. The third-order valence-electron chi connectivity index (χ3n) is 5.85. The van der Waals surface area contributed by atoms with Crippen LogP contribution in [-0.2, 0) is 9.16 Å². The van der Waals surface area contributed by atoms with E-state index in [4.69, 9.17) is 26.5 Å². The second-order valence-electron chi connectivity index (χ2n) is 8.65. The summed E-state index contributed by atoms with van der Waals surface area (Å²) in [7, 11) is -2.13. The first-order valence-corrected chi connectivity index (χ1v) is 12.3. The van der Waals surface area contributed by atoms with Crippen molar-refractivity contribution in [2.24, 2.45) is 5.92 Å². The first-order chi connectivity index (χ1) is 12.3. The number of rotatable bonds is 5. The van der Waals surface area contributed by atoms with Crippen LogP contribution in [0, 0.1) is 11.7 Å². The molecule has 2 N–H and O–H groups in total. The van der Waals surface area contributed by atoms with Gasteiger partial charge < -0.3 is 14.9 Å². The van der Waals surface area contributed by atoms with Gasteiger partial charge >= 0.3 is 5.69 Å². The minimum atomic E-state index is -2.13. The molecule has 2 heterocycles. The fourth-order valence-electron chi connectivity index (χ4n) is 2.68. The monoisotopic (exact) mass is 423 g/mol. The second-order valence-corrected chi connectivity index (χ2v) is 13.7. The lowest BCUT2D eigenvalue weighted by Gasteiger charge is -2.40. The highest BCUT2D eigenvalue weighted by Gasteiger charge is 2.55. The van der Waals surface area contributed by atoms with Crippen molar-refractivity contribution in [3.8, 4) is 0 Å². The van der Waals surface area contributed by atoms with Crippen LogP contribution >= 0.6 is 11.6 Å². The van der Waals surface area contributed by atoms with Crippen molar-refractivity contribution in [2.45, 2.75) is 63.8 Å². The molecule has 0 amide bonds. The third-order valence-corrected chi connectivity index (χ3v) is 10.8. The summed E-state index contributed by atoms with van der Waals surface area (Å²) >= 11 is 6.16. The van der Waals surface area contributed by atoms with Gasteiger partial charge in [0.15, 0.2) is 32.4 Å². The fraction of sp³-hybridized carbons (Fsp3) is 0.765. The molecule has 6 nitrogen and oxygen atoms in total. The number of halogens is 3. The van der Waals surface area contributed by atoms with Crippen LogP contribution in [0.15, 0.2) is 11.0 Å². The number of ether oxygens (including phenoxy) is 1. The Kier molecular flexibility index (Phi) is 6.12. The number of nitrogens with zero attached hydrogens (tertiary/aromatic N) is 2. The number of anilines is 1. The highest BCUT2D eigenvalue weighted by atomic mass is 35.5. The van der Waals surface area contributed by atoms with Crippen LogP contribution in [-0.4, -0.2) is 42.1 Å². The molecule has 1 aliphatic heterocycles. The van der Waals surface area contributed by atoms with Gasteiger partial charge in [0.1, 0.15) is 5.60 Å². The molecular formula is C17H28ClF2N3O3Si. The van der Waals surface area contributed by atoms with Gasteiger partial charge in [0.05, 0.1) is 18.7 Å². The van der Waals surface area contributed by atoms with Crippen LogP contribution in [0.4, 0.5) is 14.6 Å². The zero-order valence-corrected chi connectivity index (χ0v) is 18.3. The van der Waals surface area contributed by atoms with Gasteiger partial charge in [0, 0.05) is 5.92 Å². The van der Waals surface area contributed by atoms with Gasteiger partial charge in [0.25, 0.3) is 0 Å². The van der Waals surface area contributed by atoms with Gasteiger partial charge in [0.2, 0.25) is 0 Å². The van der Waals surface area contributed by atoms with Crippen molar-refractivity contribution in [3.63, 3.8) is 0 Å². The van der Waals surface area contributed by atoms with Crippen molar-refractivity contribution >= 4 is 25.7 Å². The van der Waals surface area contributed by atoms with E-state index < -0.39 is 49.6 Å². The molecule has 1 aromatic heterocycles. The Morgan fingerprint density at radius 1 is 1.48 bits per heavy atom. The summed E-state index contributed by atoms with van der Waals surface area (Å²) in [5.74, 6) is -2.15. The topological polar surface area (TPSA) is 79.4 Å². The van der Waals surface area contributed by atoms with Crippen LogP contribution in [0.25, 0.3) is 0 Å². The van der Waals surface area contributed by atoms with Gasteiger partial charge in [-0.1, -0.05) is 27.7 Å². The molecule has 1 aliphatic rings. The standard InChI is InChI=1S/C17H28ClF2N3O3Si/c1-10-12(20)14(23-7-11(19)13(21)22-15(23)24)26-17(10,8-18)9-25-27(5,6)16(2,3)4/h7,10,12,14H,8-9H2,1-6H3,(H2,21,22,24)/t10-,12-,14+,17+/m0/s1. The van der Waals surface area contributed by atoms with Gasteiger partial charge in [-0.2, -0.15) is 4.98 Å². The molecule has 0 aromatic carbocycles. The van der Waals surface area contributed by atoms with Gasteiger partial charge in [-0.25, -0.2) is 13.6 Å². The summed E-state index contributed by atoms with van der Waals surface area (Å²) in [6, 6.07) is 0. The van der Waals surface area contributed by atoms with Gasteiger partial charge in [-0.3, -0.25) is 4.57 Å². The lowest BCUT2D eigenvalue weighted by molar-refractivity contribution is -0.0981. The van der Waals surface area contributed by atoms with Gasteiger partial charge in [-0.15, -0.1) is 11.6 Å². The Morgan fingerprint density at radius 3 is 2.59 bits per heavy atom. The maximum atomic E-state index is 15.0. The van der Waals surface area contributed by atoms with Crippen LogP contribution in [0.2, 0.25) is 18.1 Å². The molecule has 0 saturated carbocycles. The molecule has 1 saturated heterocycles. The summed E-state index contributed by atoms with van der Waals surface area (Å²) in [6.45, 7) is 12.2. The lowest BCUT2D eigenvalue weighted by Crippen LogP contribution is -2.49. The summed E-state index contributed by atoms with van der Waals surface area (Å²) < 4.78 is 41.7. The second kappa shape index (κ2) is 7.42. The van der Waals surface area contributed by atoms with E-state index >= 15 is 4.39 Å². The first kappa shape index (κ1) is 22.3. The maximum absolute atomic E-state index is 15.0. The molecule has 1 aromatic rings. The SMILES string of the molecule is C[C@H]1[C@H](F)[C@H](n2cc(F)c(N)nc2=O)O[C@]1(CCl)CO[Si](C)(C)C(C)(C)C. The van der Waals surface area contributed by atoms with Crippen molar-refractivity contribution in [3.05, 3.63) is 22.5 Å². The molecule has 0 aliphatic carbocycles. The van der Waals surface area contributed by atoms with E-state index in [0.29, 0.717) is 0 Å². The molecule has 0 radical (unpaired) electrons. The quantitative estimate of drug-likeness (QED) is 0.579. The predicted molar refractivity (Wildman–Crippen MR) is 104 cm³/mol. The zero-order valence-electron chi connectivity index (χ0n) is 16.6. The van der Waals surface area contributed by atoms with E-state index in [1.165, 1.54) is 0 Å². The highest BCUT2D eigenvalue weighted by Crippen LogP contribution is 2.45. The zero-order chi connectivity index (χ0) is 20.8. The van der Waals surface area contributed by atoms with Crippen molar-refractivity contribution in [1.82, 2.24) is 9.55 Å². The minimum Gasteiger partial charge on any atom is -0.414 e. The maximum Gasteiger partial charge on any atom is 0.351 e. The summed E-state index contributed by atoms with van der Waals surface area (Å²) in [6.07, 6.45) is -2.13. The Labute approximate surface area is 164 Å². The van der Waals surface area contributed by atoms with Crippen molar-refractivity contribution < 1.29 is 17.9 Å². The number of nitrogens with two attached hydrogens (primary N) is 1. The molecule has 0 spiro atoms. The Balaban J connectivity index is 2.33. The predicted octanol–water partition coefficient (Wildman–Crippen LogP) is 3.47. The van der Waals surface area contributed by atoms with Crippen molar-refractivity contribution in [1.29, 1.82) is 0 Å². The number of hydrogen-bond donors (Lipinski definition) is 1. The number of alkyl halides is 2. The smallest absolute Gasteiger partial charge is 0.351 e. The van der Waals surface area contributed by atoms with E-state index in [1.54, 1.807) is 6.92 Å². The molecular weight excluding hydrogens is 396 g/mol. The average Bonchev–Trinajstić information content (AvgIpc) is 2.81. The van der Waals surface area contributed by atoms with Crippen LogP contribution in [0.1, 0.15) is 33.9 Å². The fourth-order valence-corrected chi connectivity index (χ4v) is 4.10. The molecule has 2 rings (SSSR count). The Morgan fingerprint density at radius 2 is 2.07 bits per heavy atom. The molecule has 154 valence electrons. The lowest BCUT2D eigenvalue weighted by atomic mass is 9.90. The molecule has 27 heavy (non-hydrogen) atoms. The average molecular weight is 424 g/mol. The summed E-state index contributed by atoms with van der Waals surface area (Å²) in [5.41, 5.74) is 3.27. The van der Waals surface area contributed by atoms with Crippen LogP contribution in [0.5, 0.6) is 0 Å². The normalized spacial score (nSPS) is 29.3. The molecule has 4 atom stereocenters. The molecule has 1 fully saturated rings. The van der Waals surface area contributed by atoms with E-state index in [9.17, 15) is 9.18 Å². The van der Waals surface area contributed by atoms with Crippen LogP contribution < -0.4 is 11.4 Å². The first-order valence-electron chi connectivity index (χ1n) is 8.82. The number of nitrogen functional groups attached to an aromatic ring is 1. The Hall–Kier alpha value is -1.03. The van der Waals surface area contributed by atoms with E-state index in [1.807, 2.05) is 0 Å². The molecule has 0 bridgehead atoms. The van der Waals surface area contributed by atoms with Crippen LogP contribution in [0.3, 0.4) is 0 Å². The Bertz CT molecular complexity index is 756. The number of hydrogen-bond acceptors (Lipinski definition) is 5. The highest BCUT2D eigenvalue weighted by molar-refractivity contribution is 6.74. The van der Waals surface area contributed by atoms with E-state index in [0.717, 1.165) is 10.8 Å². The minimum absolute atomic E-state index is 0.0284. The van der Waals surface area contributed by atoms with Gasteiger partial charge in [-0.05, 0) is 18.1 Å². The van der Waals surface area contributed by atoms with E-state index in [2.05, 4.69) is 38.8 Å². The molecule has 0 unspecified atom stereocenters. The largest absolute Gasteiger partial charge is 0.414 e. The van der Waals surface area contributed by atoms with E-state index in [-0.39, 0.29) is 17.5 Å².